The molecule has 0 aliphatic carbocycles. The number of carbonyl (C=O) groups excluding carboxylic acids is 1. The molecule has 0 atom stereocenters. The maximum Gasteiger partial charge on any atom is 0.270 e. The Morgan fingerprint density at radius 1 is 1.35 bits per heavy atom. The fourth-order valence-electron chi connectivity index (χ4n) is 1.81. The second kappa shape index (κ2) is 6.44. The quantitative estimate of drug-likeness (QED) is 0.485. The maximum absolute atomic E-state index is 11.9. The Bertz CT molecular complexity index is 639. The average molecular weight is 293 g/mol. The van der Waals surface area contributed by atoms with Crippen LogP contribution in [0.5, 0.6) is 0 Å². The number of nitrogens with zero attached hydrogens (tertiary/aromatic N) is 1. The minimum Gasteiger partial charge on any atom is -0.351 e. The number of benzene rings is 1. The lowest BCUT2D eigenvalue weighted by molar-refractivity contribution is -0.384. The van der Waals surface area contributed by atoms with Crippen LogP contribution >= 0.6 is 11.3 Å². The van der Waals surface area contributed by atoms with Crippen molar-refractivity contribution in [2.45, 2.75) is 6.42 Å². The molecule has 0 spiro atoms. The van der Waals surface area contributed by atoms with E-state index in [1.165, 1.54) is 23.5 Å². The largest absolute Gasteiger partial charge is 0.351 e. The number of nitro groups is 1. The van der Waals surface area contributed by atoms with E-state index in [9.17, 15) is 14.9 Å². The zero-order valence-corrected chi connectivity index (χ0v) is 11.8. The van der Waals surface area contributed by atoms with Crippen LogP contribution in [-0.2, 0) is 0 Å². The highest BCUT2D eigenvalue weighted by Gasteiger charge is 2.12. The summed E-state index contributed by atoms with van der Waals surface area (Å²) in [6.45, 7) is 1.45. The number of non-ortho nitro benzene ring substituents is 1. The summed E-state index contributed by atoms with van der Waals surface area (Å²) in [6, 6.07) is 6.31. The normalized spacial score (nSPS) is 10.7. The van der Waals surface area contributed by atoms with E-state index in [0.717, 1.165) is 23.1 Å². The van der Waals surface area contributed by atoms with Crippen LogP contribution in [0.3, 0.4) is 0 Å². The van der Waals surface area contributed by atoms with Crippen molar-refractivity contribution in [3.05, 3.63) is 39.3 Å². The first-order chi connectivity index (χ1) is 9.61. The number of rotatable bonds is 6. The molecule has 1 amide bonds. The molecule has 0 saturated carbocycles. The van der Waals surface area contributed by atoms with E-state index in [0.29, 0.717) is 11.4 Å². The zero-order valence-electron chi connectivity index (χ0n) is 11.0. The number of carbonyl (C=O) groups is 1. The van der Waals surface area contributed by atoms with Gasteiger partial charge in [-0.05, 0) is 32.1 Å². The molecule has 7 heteroatoms. The molecule has 1 heterocycles. The van der Waals surface area contributed by atoms with Crippen LogP contribution < -0.4 is 10.6 Å². The van der Waals surface area contributed by atoms with Gasteiger partial charge in [-0.1, -0.05) is 0 Å². The Balaban J connectivity index is 2.11. The third kappa shape index (κ3) is 3.31. The van der Waals surface area contributed by atoms with Crippen molar-refractivity contribution in [2.75, 3.05) is 20.1 Å². The van der Waals surface area contributed by atoms with Crippen LogP contribution in [0.4, 0.5) is 5.69 Å². The van der Waals surface area contributed by atoms with E-state index in [4.69, 9.17) is 0 Å². The van der Waals surface area contributed by atoms with Crippen molar-refractivity contribution in [1.82, 2.24) is 10.6 Å². The van der Waals surface area contributed by atoms with E-state index >= 15 is 0 Å². The van der Waals surface area contributed by atoms with Crippen LogP contribution in [0.1, 0.15) is 16.1 Å². The minimum atomic E-state index is -0.436. The van der Waals surface area contributed by atoms with Gasteiger partial charge in [0.25, 0.3) is 11.6 Å². The number of amides is 1. The molecular weight excluding hydrogens is 278 g/mol. The van der Waals surface area contributed by atoms with Gasteiger partial charge in [-0.25, -0.2) is 0 Å². The van der Waals surface area contributed by atoms with Crippen molar-refractivity contribution >= 4 is 33.0 Å². The summed E-state index contributed by atoms with van der Waals surface area (Å²) in [5, 5.41) is 17.3. The summed E-state index contributed by atoms with van der Waals surface area (Å²) in [6.07, 6.45) is 0.860. The van der Waals surface area contributed by atoms with Crippen molar-refractivity contribution in [2.24, 2.45) is 0 Å². The van der Waals surface area contributed by atoms with Crippen LogP contribution in [0.25, 0.3) is 10.1 Å². The number of hydrogen-bond donors (Lipinski definition) is 2. The zero-order chi connectivity index (χ0) is 14.5. The number of hydrogen-bond acceptors (Lipinski definition) is 5. The first kappa shape index (κ1) is 14.4. The molecule has 6 nitrogen and oxygen atoms in total. The van der Waals surface area contributed by atoms with Gasteiger partial charge in [-0.2, -0.15) is 0 Å². The lowest BCUT2D eigenvalue weighted by Crippen LogP contribution is -2.25. The predicted octanol–water partition coefficient (Wildman–Crippen LogP) is 2.15. The summed E-state index contributed by atoms with van der Waals surface area (Å²) in [5.74, 6) is -0.134. The molecule has 106 valence electrons. The highest BCUT2D eigenvalue weighted by Crippen LogP contribution is 2.28. The summed E-state index contributed by atoms with van der Waals surface area (Å²) in [5.41, 5.74) is 0.0382. The molecule has 0 radical (unpaired) electrons. The molecule has 20 heavy (non-hydrogen) atoms. The van der Waals surface area contributed by atoms with Crippen molar-refractivity contribution < 1.29 is 9.72 Å². The fourth-order valence-corrected chi connectivity index (χ4v) is 2.77. The SMILES string of the molecule is CNCCCNC(=O)c1cc2cc([N+](=O)[O-])ccc2s1. The van der Waals surface area contributed by atoms with E-state index in [1.807, 2.05) is 7.05 Å². The predicted molar refractivity (Wildman–Crippen MR) is 79.4 cm³/mol. The van der Waals surface area contributed by atoms with Gasteiger partial charge in [0.15, 0.2) is 0 Å². The Hall–Kier alpha value is -1.99. The molecule has 0 unspecified atom stereocenters. The summed E-state index contributed by atoms with van der Waals surface area (Å²) in [7, 11) is 1.86. The number of nitrogens with one attached hydrogen (secondary N) is 2. The molecule has 2 N–H and O–H groups in total. The fraction of sp³-hybridized carbons (Fsp3) is 0.308. The molecular formula is C13H15N3O3S. The summed E-state index contributed by atoms with van der Waals surface area (Å²) < 4.78 is 0.871. The highest BCUT2D eigenvalue weighted by molar-refractivity contribution is 7.20. The van der Waals surface area contributed by atoms with Crippen LogP contribution in [0.2, 0.25) is 0 Å². The first-order valence-electron chi connectivity index (χ1n) is 6.22. The Kier molecular flexibility index (Phi) is 4.65. The molecule has 0 aliphatic heterocycles. The standard InChI is InChI=1S/C13H15N3O3S/c1-14-5-2-6-15-13(17)12-8-9-7-10(16(18)19)3-4-11(9)20-12/h3-4,7-8,14H,2,5-6H2,1H3,(H,15,17). The summed E-state index contributed by atoms with van der Waals surface area (Å²) >= 11 is 1.34. The molecule has 1 aromatic carbocycles. The smallest absolute Gasteiger partial charge is 0.270 e. The molecule has 0 aliphatic rings. The molecule has 1 aromatic heterocycles. The van der Waals surface area contributed by atoms with Gasteiger partial charge in [-0.3, -0.25) is 14.9 Å². The average Bonchev–Trinajstić information content (AvgIpc) is 2.86. The van der Waals surface area contributed by atoms with Crippen molar-refractivity contribution in [3.63, 3.8) is 0 Å². The Morgan fingerprint density at radius 3 is 2.85 bits per heavy atom. The van der Waals surface area contributed by atoms with Gasteiger partial charge in [0.1, 0.15) is 0 Å². The van der Waals surface area contributed by atoms with Crippen LogP contribution in [0, 0.1) is 10.1 Å². The minimum absolute atomic E-state index is 0.0382. The summed E-state index contributed by atoms with van der Waals surface area (Å²) in [4.78, 5) is 22.8. The second-order valence-electron chi connectivity index (χ2n) is 4.30. The van der Waals surface area contributed by atoms with E-state index in [1.54, 1.807) is 12.1 Å². The van der Waals surface area contributed by atoms with Gasteiger partial charge in [-0.15, -0.1) is 11.3 Å². The molecule has 0 saturated heterocycles. The topological polar surface area (TPSA) is 84.3 Å². The molecule has 0 bridgehead atoms. The Labute approximate surface area is 119 Å². The van der Waals surface area contributed by atoms with Gasteiger partial charge in [0.05, 0.1) is 9.80 Å². The van der Waals surface area contributed by atoms with E-state index in [-0.39, 0.29) is 11.6 Å². The van der Waals surface area contributed by atoms with E-state index in [2.05, 4.69) is 10.6 Å². The van der Waals surface area contributed by atoms with Crippen LogP contribution in [0.15, 0.2) is 24.3 Å². The second-order valence-corrected chi connectivity index (χ2v) is 5.39. The van der Waals surface area contributed by atoms with Gasteiger partial charge < -0.3 is 10.6 Å². The van der Waals surface area contributed by atoms with Crippen molar-refractivity contribution in [1.29, 1.82) is 0 Å². The van der Waals surface area contributed by atoms with Crippen molar-refractivity contribution in [3.8, 4) is 0 Å². The lowest BCUT2D eigenvalue weighted by Gasteiger charge is -2.02. The van der Waals surface area contributed by atoms with Gasteiger partial charge in [0, 0.05) is 28.8 Å². The maximum atomic E-state index is 11.9. The third-order valence-electron chi connectivity index (χ3n) is 2.82. The van der Waals surface area contributed by atoms with E-state index < -0.39 is 4.92 Å². The monoisotopic (exact) mass is 293 g/mol. The molecule has 2 rings (SSSR count). The number of fused-ring (bicyclic) bond motifs is 1. The number of thiophene rings is 1. The first-order valence-corrected chi connectivity index (χ1v) is 7.04. The third-order valence-corrected chi connectivity index (χ3v) is 3.94. The van der Waals surface area contributed by atoms with Gasteiger partial charge in [0.2, 0.25) is 0 Å². The molecule has 0 fully saturated rings. The molecule has 2 aromatic rings. The van der Waals surface area contributed by atoms with Crippen LogP contribution in [-0.4, -0.2) is 31.0 Å². The Morgan fingerprint density at radius 2 is 2.15 bits per heavy atom. The van der Waals surface area contributed by atoms with Gasteiger partial charge >= 0.3 is 0 Å². The lowest BCUT2D eigenvalue weighted by atomic mass is 10.2. The highest BCUT2D eigenvalue weighted by atomic mass is 32.1. The number of nitro benzene ring substituents is 1.